The minimum absolute atomic E-state index is 0.0729. The normalized spacial score (nSPS) is 23.5. The fraction of sp³-hybridized carbons (Fsp3) is 0.682. The van der Waals surface area contributed by atoms with E-state index in [0.717, 1.165) is 38.3 Å². The Balaban J connectivity index is 1.46. The predicted octanol–water partition coefficient (Wildman–Crippen LogP) is 3.24. The highest BCUT2D eigenvalue weighted by atomic mass is 32.2. The molecule has 180 valence electrons. The molecular weight excluding hydrogens is 443 g/mol. The zero-order valence-corrected chi connectivity index (χ0v) is 19.4. The molecule has 2 aliphatic rings. The molecule has 1 heterocycles. The van der Waals surface area contributed by atoms with Crippen LogP contribution in [-0.2, 0) is 26.7 Å². The fourth-order valence-corrected chi connectivity index (χ4v) is 5.94. The van der Waals surface area contributed by atoms with E-state index in [4.69, 9.17) is 0 Å². The summed E-state index contributed by atoms with van der Waals surface area (Å²) in [6.45, 7) is 7.52. The van der Waals surface area contributed by atoms with Gasteiger partial charge in [-0.05, 0) is 57.2 Å². The SMILES string of the molecule is CC(C)N1CCN(C(=O)[C@H]2CC[C@@H](NS(=O)(=O)Cc3ccc(C(F)(F)F)cc3)CC2)CC1. The maximum atomic E-state index is 12.8. The lowest BCUT2D eigenvalue weighted by Gasteiger charge is -2.39. The monoisotopic (exact) mass is 475 g/mol. The number of nitrogens with zero attached hydrogens (tertiary/aromatic N) is 2. The summed E-state index contributed by atoms with van der Waals surface area (Å²) in [7, 11) is -3.69. The number of piperazine rings is 1. The molecule has 6 nitrogen and oxygen atoms in total. The first kappa shape index (κ1) is 25.0. The molecule has 1 aliphatic heterocycles. The van der Waals surface area contributed by atoms with Crippen molar-refractivity contribution in [3.63, 3.8) is 0 Å². The second kappa shape index (κ2) is 10.1. The van der Waals surface area contributed by atoms with Crippen molar-refractivity contribution >= 4 is 15.9 Å². The minimum atomic E-state index is -4.45. The highest BCUT2D eigenvalue weighted by Gasteiger charge is 2.33. The molecule has 0 radical (unpaired) electrons. The van der Waals surface area contributed by atoms with E-state index < -0.39 is 21.8 Å². The maximum Gasteiger partial charge on any atom is 0.416 e. The number of rotatable bonds is 6. The van der Waals surface area contributed by atoms with Crippen LogP contribution in [-0.4, -0.2) is 62.4 Å². The molecule has 1 amide bonds. The van der Waals surface area contributed by atoms with E-state index in [2.05, 4.69) is 23.5 Å². The predicted molar refractivity (Wildman–Crippen MR) is 116 cm³/mol. The molecule has 1 aromatic rings. The van der Waals surface area contributed by atoms with Gasteiger partial charge in [0, 0.05) is 44.2 Å². The van der Waals surface area contributed by atoms with E-state index in [-0.39, 0.29) is 23.6 Å². The zero-order valence-electron chi connectivity index (χ0n) is 18.6. The van der Waals surface area contributed by atoms with E-state index in [1.54, 1.807) is 0 Å². The van der Waals surface area contributed by atoms with Crippen LogP contribution in [0.2, 0.25) is 0 Å². The van der Waals surface area contributed by atoms with E-state index in [0.29, 0.717) is 37.3 Å². The largest absolute Gasteiger partial charge is 0.416 e. The van der Waals surface area contributed by atoms with Crippen molar-refractivity contribution in [2.75, 3.05) is 26.2 Å². The number of carbonyl (C=O) groups excluding carboxylic acids is 1. The van der Waals surface area contributed by atoms with Crippen molar-refractivity contribution in [1.29, 1.82) is 0 Å². The average molecular weight is 476 g/mol. The third-order valence-corrected chi connectivity index (χ3v) is 7.82. The van der Waals surface area contributed by atoms with Crippen LogP contribution >= 0.6 is 0 Å². The number of halogens is 3. The lowest BCUT2D eigenvalue weighted by atomic mass is 9.85. The molecule has 1 saturated carbocycles. The number of hydrogen-bond donors (Lipinski definition) is 1. The Labute approximate surface area is 188 Å². The van der Waals surface area contributed by atoms with Crippen molar-refractivity contribution in [2.24, 2.45) is 5.92 Å². The molecule has 0 bridgehead atoms. The highest BCUT2D eigenvalue weighted by Crippen LogP contribution is 2.30. The number of nitrogens with one attached hydrogen (secondary N) is 1. The molecular formula is C22H32F3N3O3S. The Morgan fingerprint density at radius 3 is 2.09 bits per heavy atom. The van der Waals surface area contributed by atoms with E-state index >= 15 is 0 Å². The van der Waals surface area contributed by atoms with E-state index in [1.807, 2.05) is 4.90 Å². The molecule has 3 rings (SSSR count). The lowest BCUT2D eigenvalue weighted by molar-refractivity contribution is -0.139. The van der Waals surface area contributed by atoms with Crippen LogP contribution in [0.5, 0.6) is 0 Å². The van der Waals surface area contributed by atoms with Crippen molar-refractivity contribution in [3.8, 4) is 0 Å². The third kappa shape index (κ3) is 6.68. The first-order chi connectivity index (χ1) is 14.9. The Bertz CT molecular complexity index is 872. The second-order valence-corrected chi connectivity index (χ2v) is 10.8. The fourth-order valence-electron chi connectivity index (χ4n) is 4.48. The Hall–Kier alpha value is -1.65. The molecule has 0 aromatic heterocycles. The summed E-state index contributed by atoms with van der Waals surface area (Å²) in [6, 6.07) is 4.38. The third-order valence-electron chi connectivity index (χ3n) is 6.42. The smallest absolute Gasteiger partial charge is 0.340 e. The van der Waals surface area contributed by atoms with Gasteiger partial charge in [-0.25, -0.2) is 13.1 Å². The molecule has 2 fully saturated rings. The molecule has 0 atom stereocenters. The van der Waals surface area contributed by atoms with Crippen molar-refractivity contribution in [1.82, 2.24) is 14.5 Å². The Morgan fingerprint density at radius 1 is 1.03 bits per heavy atom. The van der Waals surface area contributed by atoms with Gasteiger partial charge in [0.2, 0.25) is 15.9 Å². The lowest BCUT2D eigenvalue weighted by Crippen LogP contribution is -2.52. The van der Waals surface area contributed by atoms with Crippen molar-refractivity contribution < 1.29 is 26.4 Å². The van der Waals surface area contributed by atoms with E-state index in [9.17, 15) is 26.4 Å². The summed E-state index contributed by atoms with van der Waals surface area (Å²) in [5, 5.41) is 0. The van der Waals surface area contributed by atoms with Gasteiger partial charge in [-0.1, -0.05) is 12.1 Å². The van der Waals surface area contributed by atoms with Crippen LogP contribution in [0.1, 0.15) is 50.7 Å². The zero-order chi connectivity index (χ0) is 23.5. The average Bonchev–Trinajstić information content (AvgIpc) is 2.73. The van der Waals surface area contributed by atoms with Crippen molar-refractivity contribution in [3.05, 3.63) is 35.4 Å². The van der Waals surface area contributed by atoms with Gasteiger partial charge in [0.1, 0.15) is 0 Å². The van der Waals surface area contributed by atoms with Gasteiger partial charge < -0.3 is 4.90 Å². The number of hydrogen-bond acceptors (Lipinski definition) is 4. The molecule has 1 aliphatic carbocycles. The topological polar surface area (TPSA) is 69.7 Å². The first-order valence-corrected chi connectivity index (χ1v) is 12.8. The number of carbonyl (C=O) groups is 1. The van der Waals surface area contributed by atoms with Crippen LogP contribution in [0.4, 0.5) is 13.2 Å². The van der Waals surface area contributed by atoms with Gasteiger partial charge in [0.25, 0.3) is 0 Å². The summed E-state index contributed by atoms with van der Waals surface area (Å²) in [4.78, 5) is 17.1. The minimum Gasteiger partial charge on any atom is -0.340 e. The first-order valence-electron chi connectivity index (χ1n) is 11.1. The van der Waals surface area contributed by atoms with Crippen LogP contribution < -0.4 is 4.72 Å². The second-order valence-electron chi connectivity index (χ2n) is 9.08. The molecule has 0 unspecified atom stereocenters. The summed E-state index contributed by atoms with van der Waals surface area (Å²) in [6.07, 6.45) is -2.02. The molecule has 10 heteroatoms. The standard InChI is InChI=1S/C22H32F3N3O3S/c1-16(2)27-11-13-28(14-12-27)21(29)18-5-9-20(10-6-18)26-32(30,31)15-17-3-7-19(8-4-17)22(23,24)25/h3-4,7-8,16,18,20,26H,5-6,9-15H2,1-2H3/t18-,20+. The number of benzene rings is 1. The summed E-state index contributed by atoms with van der Waals surface area (Å²) < 4.78 is 65.6. The van der Waals surface area contributed by atoms with Crippen LogP contribution in [0, 0.1) is 5.92 Å². The molecule has 1 saturated heterocycles. The molecule has 1 aromatic carbocycles. The van der Waals surface area contributed by atoms with Gasteiger partial charge in [-0.3, -0.25) is 9.69 Å². The number of sulfonamides is 1. The van der Waals surface area contributed by atoms with Gasteiger partial charge >= 0.3 is 6.18 Å². The van der Waals surface area contributed by atoms with Crippen LogP contribution in [0.25, 0.3) is 0 Å². The van der Waals surface area contributed by atoms with Crippen LogP contribution in [0.3, 0.4) is 0 Å². The van der Waals surface area contributed by atoms with Gasteiger partial charge in [-0.2, -0.15) is 13.2 Å². The number of amides is 1. The summed E-state index contributed by atoms with van der Waals surface area (Å²) in [5.41, 5.74) is -0.505. The van der Waals surface area contributed by atoms with Crippen LogP contribution in [0.15, 0.2) is 24.3 Å². The van der Waals surface area contributed by atoms with Crippen molar-refractivity contribution in [2.45, 2.75) is 63.5 Å². The summed E-state index contributed by atoms with van der Waals surface area (Å²) in [5.74, 6) is -0.278. The van der Waals surface area contributed by atoms with E-state index in [1.165, 1.54) is 12.1 Å². The molecule has 1 N–H and O–H groups in total. The van der Waals surface area contributed by atoms with Gasteiger partial charge in [0.05, 0.1) is 11.3 Å². The highest BCUT2D eigenvalue weighted by molar-refractivity contribution is 7.88. The molecule has 32 heavy (non-hydrogen) atoms. The molecule has 0 spiro atoms. The summed E-state index contributed by atoms with van der Waals surface area (Å²) >= 11 is 0. The van der Waals surface area contributed by atoms with Gasteiger partial charge in [0.15, 0.2) is 0 Å². The number of alkyl halides is 3. The maximum absolute atomic E-state index is 12.8. The Morgan fingerprint density at radius 2 is 1.59 bits per heavy atom. The Kier molecular flexibility index (Phi) is 7.88. The quantitative estimate of drug-likeness (QED) is 0.686. The van der Waals surface area contributed by atoms with Gasteiger partial charge in [-0.15, -0.1) is 0 Å².